The fourth-order valence-corrected chi connectivity index (χ4v) is 4.41. The van der Waals surface area contributed by atoms with Crippen molar-refractivity contribution in [2.75, 3.05) is 13.1 Å². The summed E-state index contributed by atoms with van der Waals surface area (Å²) in [5.41, 5.74) is 3.12. The Morgan fingerprint density at radius 1 is 0.909 bits per heavy atom. The number of rotatable bonds is 9. The van der Waals surface area contributed by atoms with Gasteiger partial charge in [-0.1, -0.05) is 73.2 Å². The van der Waals surface area contributed by atoms with Crippen LogP contribution in [0.2, 0.25) is 0 Å². The highest BCUT2D eigenvalue weighted by Crippen LogP contribution is 2.31. The van der Waals surface area contributed by atoms with Crippen LogP contribution in [0, 0.1) is 11.6 Å². The normalized spacial score (nSPS) is 16.0. The molecule has 4 rings (SSSR count). The highest BCUT2D eigenvalue weighted by molar-refractivity contribution is 5.77. The summed E-state index contributed by atoms with van der Waals surface area (Å²) < 4.78 is 26.9. The molecule has 3 nitrogen and oxygen atoms in total. The fourth-order valence-electron chi connectivity index (χ4n) is 4.41. The molecule has 1 N–H and O–H groups in total. The predicted octanol–water partition coefficient (Wildman–Crippen LogP) is 6.37. The van der Waals surface area contributed by atoms with Crippen molar-refractivity contribution in [2.24, 2.45) is 0 Å². The van der Waals surface area contributed by atoms with Crippen LogP contribution in [0.1, 0.15) is 41.9 Å². The number of benzene rings is 3. The van der Waals surface area contributed by atoms with Crippen molar-refractivity contribution in [1.82, 2.24) is 10.2 Å². The second-order valence-electron chi connectivity index (χ2n) is 8.39. The first-order valence-electron chi connectivity index (χ1n) is 11.4. The van der Waals surface area contributed by atoms with Gasteiger partial charge in [0.1, 0.15) is 11.6 Å². The maximum absolute atomic E-state index is 13.5. The lowest BCUT2D eigenvalue weighted by Gasteiger charge is -2.23. The van der Waals surface area contributed by atoms with Crippen molar-refractivity contribution in [3.8, 4) is 0 Å². The number of nitrogens with one attached hydrogen (secondary N) is 1. The van der Waals surface area contributed by atoms with Crippen molar-refractivity contribution < 1.29 is 13.6 Å². The molecule has 2 amide bonds. The molecule has 1 fully saturated rings. The number of amides is 2. The molecule has 0 radical (unpaired) electrons. The number of urea groups is 1. The topological polar surface area (TPSA) is 32.3 Å². The zero-order chi connectivity index (χ0) is 23.0. The molecule has 0 aromatic heterocycles. The van der Waals surface area contributed by atoms with Gasteiger partial charge in [0.05, 0.1) is 6.04 Å². The number of halogens is 2. The number of nitrogens with zero attached hydrogens (tertiary/aromatic N) is 1. The van der Waals surface area contributed by atoms with Crippen LogP contribution in [0.5, 0.6) is 0 Å². The Bertz CT molecular complexity index is 1020. The molecule has 0 aliphatic carbocycles. The standard InChI is InChI=1S/C28H28F2N2O/c29-24-15-11-22(12-16-24)27(23-13-17-25(30)18-14-23)10-4-9-26-20-31-28(33)32(26)19-5-8-21-6-2-1-3-7-21/h1-3,5-8,11-18,26-27H,4,9-10,19-20H2,(H,31,33). The third-order valence-electron chi connectivity index (χ3n) is 6.18. The fraction of sp³-hybridized carbons (Fsp3) is 0.250. The van der Waals surface area contributed by atoms with Crippen LogP contribution in [-0.4, -0.2) is 30.1 Å². The lowest BCUT2D eigenvalue weighted by Crippen LogP contribution is -2.34. The van der Waals surface area contributed by atoms with Gasteiger partial charge in [0.2, 0.25) is 0 Å². The molecule has 1 heterocycles. The van der Waals surface area contributed by atoms with E-state index in [4.69, 9.17) is 0 Å². The monoisotopic (exact) mass is 446 g/mol. The number of carbonyl (C=O) groups is 1. The quantitative estimate of drug-likeness (QED) is 0.407. The van der Waals surface area contributed by atoms with Crippen LogP contribution in [-0.2, 0) is 0 Å². The minimum Gasteiger partial charge on any atom is -0.336 e. The molecule has 0 saturated carbocycles. The Kier molecular flexibility index (Phi) is 7.51. The van der Waals surface area contributed by atoms with Gasteiger partial charge >= 0.3 is 6.03 Å². The molecule has 3 aromatic rings. The van der Waals surface area contributed by atoms with Crippen LogP contribution in [0.4, 0.5) is 13.6 Å². The molecule has 5 heteroatoms. The Hall–Kier alpha value is -3.47. The van der Waals surface area contributed by atoms with E-state index in [1.54, 1.807) is 24.3 Å². The highest BCUT2D eigenvalue weighted by Gasteiger charge is 2.29. The van der Waals surface area contributed by atoms with Crippen LogP contribution in [0.15, 0.2) is 84.9 Å². The van der Waals surface area contributed by atoms with E-state index >= 15 is 0 Å². The molecular weight excluding hydrogens is 418 g/mol. The lowest BCUT2D eigenvalue weighted by molar-refractivity contribution is 0.207. The molecule has 170 valence electrons. The summed E-state index contributed by atoms with van der Waals surface area (Å²) in [5, 5.41) is 2.95. The molecule has 0 spiro atoms. The molecular formula is C28H28F2N2O. The van der Waals surface area contributed by atoms with Gasteiger partial charge < -0.3 is 10.2 Å². The summed E-state index contributed by atoms with van der Waals surface area (Å²) in [7, 11) is 0. The molecule has 1 aliphatic rings. The number of hydrogen-bond acceptors (Lipinski definition) is 1. The maximum atomic E-state index is 13.5. The Labute approximate surface area is 193 Å². The Morgan fingerprint density at radius 3 is 2.12 bits per heavy atom. The van der Waals surface area contributed by atoms with Gasteiger partial charge in [-0.25, -0.2) is 13.6 Å². The average molecular weight is 447 g/mol. The van der Waals surface area contributed by atoms with Gasteiger partial charge in [-0.05, 0) is 53.8 Å². The van der Waals surface area contributed by atoms with Gasteiger partial charge in [-0.15, -0.1) is 0 Å². The highest BCUT2D eigenvalue weighted by atomic mass is 19.1. The van der Waals surface area contributed by atoms with E-state index in [2.05, 4.69) is 5.32 Å². The third kappa shape index (κ3) is 6.07. The second-order valence-corrected chi connectivity index (χ2v) is 8.39. The summed E-state index contributed by atoms with van der Waals surface area (Å²) in [6, 6.07) is 23.2. The first-order chi connectivity index (χ1) is 16.1. The minimum atomic E-state index is -0.272. The predicted molar refractivity (Wildman–Crippen MR) is 128 cm³/mol. The van der Waals surface area contributed by atoms with Crippen LogP contribution < -0.4 is 5.32 Å². The van der Waals surface area contributed by atoms with E-state index in [1.807, 2.05) is 47.4 Å². The van der Waals surface area contributed by atoms with Gasteiger partial charge in [0, 0.05) is 19.0 Å². The minimum absolute atomic E-state index is 0.0358. The first kappa shape index (κ1) is 22.7. The van der Waals surface area contributed by atoms with Crippen LogP contribution in [0.3, 0.4) is 0 Å². The van der Waals surface area contributed by atoms with Gasteiger partial charge in [0.25, 0.3) is 0 Å². The van der Waals surface area contributed by atoms with E-state index in [9.17, 15) is 13.6 Å². The second kappa shape index (κ2) is 10.9. The van der Waals surface area contributed by atoms with Gasteiger partial charge in [-0.2, -0.15) is 0 Å². The summed E-state index contributed by atoms with van der Waals surface area (Å²) in [5.74, 6) is -0.500. The van der Waals surface area contributed by atoms with Crippen LogP contribution >= 0.6 is 0 Å². The van der Waals surface area contributed by atoms with E-state index in [0.29, 0.717) is 13.1 Å². The van der Waals surface area contributed by atoms with Gasteiger partial charge in [0.15, 0.2) is 0 Å². The van der Waals surface area contributed by atoms with E-state index < -0.39 is 0 Å². The SMILES string of the molecule is O=C1NCC(CCCC(c2ccc(F)cc2)c2ccc(F)cc2)N1CC=Cc1ccccc1. The van der Waals surface area contributed by atoms with E-state index in [0.717, 1.165) is 36.0 Å². The van der Waals surface area contributed by atoms with Crippen molar-refractivity contribution in [2.45, 2.75) is 31.2 Å². The number of carbonyl (C=O) groups excluding carboxylic acids is 1. The van der Waals surface area contributed by atoms with Crippen molar-refractivity contribution in [3.05, 3.63) is 113 Å². The molecule has 33 heavy (non-hydrogen) atoms. The summed E-state index contributed by atoms with van der Waals surface area (Å²) >= 11 is 0. The van der Waals surface area contributed by atoms with Crippen molar-refractivity contribution >= 4 is 12.1 Å². The summed E-state index contributed by atoms with van der Waals surface area (Å²) in [6.45, 7) is 1.19. The molecule has 1 atom stereocenters. The van der Waals surface area contributed by atoms with E-state index in [1.165, 1.54) is 24.3 Å². The molecule has 3 aromatic carbocycles. The van der Waals surface area contributed by atoms with Crippen molar-refractivity contribution in [3.63, 3.8) is 0 Å². The zero-order valence-electron chi connectivity index (χ0n) is 18.5. The van der Waals surface area contributed by atoms with Crippen molar-refractivity contribution in [1.29, 1.82) is 0 Å². The van der Waals surface area contributed by atoms with Crippen LogP contribution in [0.25, 0.3) is 6.08 Å². The zero-order valence-corrected chi connectivity index (χ0v) is 18.5. The Morgan fingerprint density at radius 2 is 1.52 bits per heavy atom. The number of hydrogen-bond donors (Lipinski definition) is 1. The molecule has 1 aliphatic heterocycles. The first-order valence-corrected chi connectivity index (χ1v) is 11.4. The van der Waals surface area contributed by atoms with E-state index in [-0.39, 0.29) is 29.6 Å². The lowest BCUT2D eigenvalue weighted by atomic mass is 9.86. The Balaban J connectivity index is 1.39. The molecule has 1 unspecified atom stereocenters. The van der Waals surface area contributed by atoms with Gasteiger partial charge in [-0.3, -0.25) is 0 Å². The maximum Gasteiger partial charge on any atom is 0.318 e. The largest absolute Gasteiger partial charge is 0.336 e. The molecule has 0 bridgehead atoms. The summed E-state index contributed by atoms with van der Waals surface area (Å²) in [6.07, 6.45) is 6.62. The molecule has 1 saturated heterocycles. The third-order valence-corrected chi connectivity index (χ3v) is 6.18. The average Bonchev–Trinajstić information content (AvgIpc) is 3.18. The summed E-state index contributed by atoms with van der Waals surface area (Å²) in [4.78, 5) is 14.2. The smallest absolute Gasteiger partial charge is 0.318 e.